The molecule has 2 heterocycles. The monoisotopic (exact) mass is 399 g/mol. The standard InChI is InChI=1S/C20H19ClFN5O/c21-14-5-6-15-18(11-14)23-13-24-20(15)27-9-7-26(8-10-27)12-19(28)25-17-4-2-1-3-16(17)22/h1-6,11,13H,7-10,12H2,(H,25,28). The number of hydrogen-bond acceptors (Lipinski definition) is 5. The maximum absolute atomic E-state index is 13.7. The van der Waals surface area contributed by atoms with E-state index >= 15 is 0 Å². The highest BCUT2D eigenvalue weighted by Gasteiger charge is 2.21. The fourth-order valence-electron chi connectivity index (χ4n) is 3.34. The minimum absolute atomic E-state index is 0.206. The Bertz CT molecular complexity index is 1010. The molecule has 4 rings (SSSR count). The molecule has 1 amide bonds. The molecule has 1 aliphatic rings. The lowest BCUT2D eigenvalue weighted by molar-refractivity contribution is -0.117. The van der Waals surface area contributed by atoms with Crippen molar-refractivity contribution in [2.24, 2.45) is 0 Å². The zero-order chi connectivity index (χ0) is 19.5. The zero-order valence-corrected chi connectivity index (χ0v) is 15.9. The van der Waals surface area contributed by atoms with Gasteiger partial charge in [-0.05, 0) is 30.3 Å². The molecule has 0 bridgehead atoms. The van der Waals surface area contributed by atoms with Gasteiger partial charge in [0, 0.05) is 36.6 Å². The van der Waals surface area contributed by atoms with E-state index < -0.39 is 5.82 Å². The van der Waals surface area contributed by atoms with E-state index in [9.17, 15) is 9.18 Å². The van der Waals surface area contributed by atoms with Crippen LogP contribution in [0.3, 0.4) is 0 Å². The number of benzene rings is 2. The lowest BCUT2D eigenvalue weighted by atomic mass is 10.2. The Hall–Kier alpha value is -2.77. The second-order valence-electron chi connectivity index (χ2n) is 6.65. The van der Waals surface area contributed by atoms with Crippen molar-refractivity contribution in [3.05, 3.63) is 59.6 Å². The van der Waals surface area contributed by atoms with Crippen LogP contribution in [0.1, 0.15) is 0 Å². The summed E-state index contributed by atoms with van der Waals surface area (Å²) < 4.78 is 13.7. The molecule has 1 saturated heterocycles. The van der Waals surface area contributed by atoms with E-state index in [2.05, 4.69) is 20.2 Å². The Morgan fingerprint density at radius 3 is 2.68 bits per heavy atom. The van der Waals surface area contributed by atoms with Crippen molar-refractivity contribution >= 4 is 39.9 Å². The van der Waals surface area contributed by atoms with Crippen LogP contribution in [-0.2, 0) is 4.79 Å². The number of amides is 1. The highest BCUT2D eigenvalue weighted by molar-refractivity contribution is 6.31. The summed E-state index contributed by atoms with van der Waals surface area (Å²) in [6.07, 6.45) is 1.54. The molecule has 1 fully saturated rings. The molecule has 2 aromatic carbocycles. The second kappa shape index (κ2) is 8.08. The SMILES string of the molecule is O=C(CN1CCN(c2ncnc3cc(Cl)ccc23)CC1)Nc1ccccc1F. The van der Waals surface area contributed by atoms with Gasteiger partial charge in [-0.1, -0.05) is 23.7 Å². The van der Waals surface area contributed by atoms with Crippen molar-refractivity contribution in [1.82, 2.24) is 14.9 Å². The van der Waals surface area contributed by atoms with Gasteiger partial charge in [0.1, 0.15) is 18.0 Å². The van der Waals surface area contributed by atoms with E-state index in [0.29, 0.717) is 18.1 Å². The molecule has 1 aromatic heterocycles. The Balaban J connectivity index is 1.37. The molecular weight excluding hydrogens is 381 g/mol. The number of carbonyl (C=O) groups is 1. The third kappa shape index (κ3) is 4.05. The average molecular weight is 400 g/mol. The summed E-state index contributed by atoms with van der Waals surface area (Å²) in [5.41, 5.74) is 1.02. The van der Waals surface area contributed by atoms with Gasteiger partial charge in [0.05, 0.1) is 17.7 Å². The predicted molar refractivity (Wildman–Crippen MR) is 108 cm³/mol. The molecule has 144 valence electrons. The van der Waals surface area contributed by atoms with Crippen LogP contribution in [0.2, 0.25) is 5.02 Å². The summed E-state index contributed by atoms with van der Waals surface area (Å²) in [6, 6.07) is 11.8. The molecule has 0 atom stereocenters. The quantitative estimate of drug-likeness (QED) is 0.730. The third-order valence-corrected chi connectivity index (χ3v) is 5.00. The van der Waals surface area contributed by atoms with Crippen LogP contribution in [0.15, 0.2) is 48.8 Å². The Labute approximate surface area is 166 Å². The Morgan fingerprint density at radius 1 is 1.11 bits per heavy atom. The van der Waals surface area contributed by atoms with E-state index in [1.807, 2.05) is 23.1 Å². The highest BCUT2D eigenvalue weighted by Crippen LogP contribution is 2.26. The normalized spacial score (nSPS) is 15.0. The van der Waals surface area contributed by atoms with Gasteiger partial charge < -0.3 is 10.2 Å². The minimum Gasteiger partial charge on any atom is -0.353 e. The van der Waals surface area contributed by atoms with E-state index in [0.717, 1.165) is 29.8 Å². The average Bonchev–Trinajstić information content (AvgIpc) is 2.70. The third-order valence-electron chi connectivity index (χ3n) is 4.76. The lowest BCUT2D eigenvalue weighted by Crippen LogP contribution is -2.49. The van der Waals surface area contributed by atoms with Crippen molar-refractivity contribution in [3.8, 4) is 0 Å². The molecule has 28 heavy (non-hydrogen) atoms. The first-order valence-electron chi connectivity index (χ1n) is 9.02. The van der Waals surface area contributed by atoms with Crippen LogP contribution in [0.5, 0.6) is 0 Å². The van der Waals surface area contributed by atoms with Gasteiger partial charge in [-0.25, -0.2) is 14.4 Å². The maximum Gasteiger partial charge on any atom is 0.238 e. The summed E-state index contributed by atoms with van der Waals surface area (Å²) >= 11 is 6.05. The van der Waals surface area contributed by atoms with Gasteiger partial charge in [-0.3, -0.25) is 9.69 Å². The number of nitrogens with one attached hydrogen (secondary N) is 1. The first-order chi connectivity index (χ1) is 13.6. The minimum atomic E-state index is -0.434. The number of anilines is 2. The van der Waals surface area contributed by atoms with E-state index in [1.54, 1.807) is 24.5 Å². The highest BCUT2D eigenvalue weighted by atomic mass is 35.5. The first-order valence-corrected chi connectivity index (χ1v) is 9.40. The summed E-state index contributed by atoms with van der Waals surface area (Å²) in [5.74, 6) is 0.217. The molecular formula is C20H19ClFN5O. The van der Waals surface area contributed by atoms with Crippen LogP contribution >= 0.6 is 11.6 Å². The number of carbonyl (C=O) groups excluding carboxylic acids is 1. The van der Waals surface area contributed by atoms with Gasteiger partial charge in [0.25, 0.3) is 0 Å². The van der Waals surface area contributed by atoms with E-state index in [4.69, 9.17) is 11.6 Å². The van der Waals surface area contributed by atoms with Crippen molar-refractivity contribution in [3.63, 3.8) is 0 Å². The number of halogens is 2. The molecule has 0 radical (unpaired) electrons. The Kier molecular flexibility index (Phi) is 5.36. The zero-order valence-electron chi connectivity index (χ0n) is 15.1. The van der Waals surface area contributed by atoms with Gasteiger partial charge >= 0.3 is 0 Å². The maximum atomic E-state index is 13.7. The molecule has 0 saturated carbocycles. The number of fused-ring (bicyclic) bond motifs is 1. The number of piperazine rings is 1. The van der Waals surface area contributed by atoms with Crippen LogP contribution in [0, 0.1) is 5.82 Å². The van der Waals surface area contributed by atoms with Gasteiger partial charge in [-0.15, -0.1) is 0 Å². The van der Waals surface area contributed by atoms with E-state index in [1.165, 1.54) is 6.07 Å². The summed E-state index contributed by atoms with van der Waals surface area (Å²) in [7, 11) is 0. The summed E-state index contributed by atoms with van der Waals surface area (Å²) in [6.45, 7) is 3.12. The van der Waals surface area contributed by atoms with Crippen molar-refractivity contribution in [2.75, 3.05) is 42.9 Å². The largest absolute Gasteiger partial charge is 0.353 e. The van der Waals surface area contributed by atoms with Crippen molar-refractivity contribution in [1.29, 1.82) is 0 Å². The fourth-order valence-corrected chi connectivity index (χ4v) is 3.51. The first kappa shape index (κ1) is 18.6. The number of aromatic nitrogens is 2. The smallest absolute Gasteiger partial charge is 0.238 e. The molecule has 0 aliphatic carbocycles. The number of para-hydroxylation sites is 1. The van der Waals surface area contributed by atoms with Crippen molar-refractivity contribution < 1.29 is 9.18 Å². The summed E-state index contributed by atoms with van der Waals surface area (Å²) in [5, 5.41) is 4.23. The van der Waals surface area contributed by atoms with Gasteiger partial charge in [0.2, 0.25) is 5.91 Å². The van der Waals surface area contributed by atoms with Crippen molar-refractivity contribution in [2.45, 2.75) is 0 Å². The number of hydrogen-bond donors (Lipinski definition) is 1. The molecule has 6 nitrogen and oxygen atoms in total. The second-order valence-corrected chi connectivity index (χ2v) is 7.09. The fraction of sp³-hybridized carbons (Fsp3) is 0.250. The Morgan fingerprint density at radius 2 is 1.89 bits per heavy atom. The molecule has 3 aromatic rings. The van der Waals surface area contributed by atoms with Crippen LogP contribution in [0.4, 0.5) is 15.9 Å². The van der Waals surface area contributed by atoms with Crippen LogP contribution in [0.25, 0.3) is 10.9 Å². The molecule has 0 spiro atoms. The summed E-state index contributed by atoms with van der Waals surface area (Å²) in [4.78, 5) is 25.2. The van der Waals surface area contributed by atoms with E-state index in [-0.39, 0.29) is 18.1 Å². The van der Waals surface area contributed by atoms with Crippen LogP contribution < -0.4 is 10.2 Å². The number of nitrogens with zero attached hydrogens (tertiary/aromatic N) is 4. The topological polar surface area (TPSA) is 61.4 Å². The molecule has 0 unspecified atom stereocenters. The van der Waals surface area contributed by atoms with Gasteiger partial charge in [0.15, 0.2) is 0 Å². The number of rotatable bonds is 4. The molecule has 1 N–H and O–H groups in total. The predicted octanol–water partition coefficient (Wildman–Crippen LogP) is 3.18. The van der Waals surface area contributed by atoms with Gasteiger partial charge in [-0.2, -0.15) is 0 Å². The molecule has 1 aliphatic heterocycles. The van der Waals surface area contributed by atoms with Crippen LogP contribution in [-0.4, -0.2) is 53.5 Å². The molecule has 8 heteroatoms. The lowest BCUT2D eigenvalue weighted by Gasteiger charge is -2.35.